The molecule has 0 aromatic heterocycles. The van der Waals surface area contributed by atoms with Crippen LogP contribution >= 0.6 is 8.58 Å². The molecule has 1 unspecified atom stereocenters. The van der Waals surface area contributed by atoms with Gasteiger partial charge in [0.25, 0.3) is 0 Å². The molecule has 2 aromatic carbocycles. The van der Waals surface area contributed by atoms with E-state index >= 15 is 0 Å². The third kappa shape index (κ3) is 5.49. The van der Waals surface area contributed by atoms with Gasteiger partial charge in [-0.15, -0.1) is 0 Å². The summed E-state index contributed by atoms with van der Waals surface area (Å²) in [5.74, 6) is 0.893. The van der Waals surface area contributed by atoms with Gasteiger partial charge in [-0.1, -0.05) is 37.6 Å². The van der Waals surface area contributed by atoms with Crippen molar-refractivity contribution in [2.75, 3.05) is 6.61 Å². The maximum atomic E-state index is 12.7. The Kier molecular flexibility index (Phi) is 8.78. The molecule has 0 heterocycles. The van der Waals surface area contributed by atoms with Crippen LogP contribution in [0.3, 0.4) is 0 Å². The van der Waals surface area contributed by atoms with Crippen LogP contribution in [0.25, 0.3) is 0 Å². The molecule has 0 spiro atoms. The molecule has 0 saturated carbocycles. The number of hydrogen-bond acceptors (Lipinski definition) is 2. The van der Waals surface area contributed by atoms with E-state index in [1.54, 1.807) is 0 Å². The van der Waals surface area contributed by atoms with Crippen LogP contribution in [0, 0.1) is 20.8 Å². The van der Waals surface area contributed by atoms with E-state index in [0.29, 0.717) is 0 Å². The van der Waals surface area contributed by atoms with E-state index in [1.807, 2.05) is 57.2 Å². The van der Waals surface area contributed by atoms with E-state index in [1.165, 1.54) is 0 Å². The molecule has 4 heteroatoms. The average molecular weight is 336 g/mol. The average Bonchev–Trinajstić information content (AvgIpc) is 2.50. The normalized spacial score (nSPS) is 10.7. The molecule has 0 N–H and O–H groups in total. The van der Waals surface area contributed by atoms with Crippen molar-refractivity contribution >= 4 is 38.3 Å². The predicted octanol–water partition coefficient (Wildman–Crippen LogP) is 4.29. The van der Waals surface area contributed by atoms with Crippen LogP contribution in [0.2, 0.25) is 0 Å². The number of carbonyl (C=O) groups excluding carboxylic acids is 1. The van der Waals surface area contributed by atoms with Gasteiger partial charge in [0.15, 0.2) is 5.52 Å². The number of unbranched alkanes of at least 4 members (excludes halogenated alkanes) is 1. The SMILES string of the molecule is CCCCOc1ccc(PC(=O)c2c(C)cccc2C)c(C)c1.[LiH]. The van der Waals surface area contributed by atoms with E-state index in [4.69, 9.17) is 4.74 Å². The number of hydrogen-bond donors (Lipinski definition) is 0. The van der Waals surface area contributed by atoms with Gasteiger partial charge in [0.1, 0.15) is 5.75 Å². The fourth-order valence-electron chi connectivity index (χ4n) is 2.56. The van der Waals surface area contributed by atoms with E-state index in [9.17, 15) is 4.79 Å². The van der Waals surface area contributed by atoms with Crippen molar-refractivity contribution in [3.8, 4) is 5.75 Å². The van der Waals surface area contributed by atoms with Crippen molar-refractivity contribution in [2.24, 2.45) is 0 Å². The molecule has 0 aliphatic rings. The Morgan fingerprint density at radius 1 is 1.04 bits per heavy atom. The minimum atomic E-state index is 0. The quantitative estimate of drug-likeness (QED) is 0.428. The van der Waals surface area contributed by atoms with Gasteiger partial charge in [-0.3, -0.25) is 4.79 Å². The van der Waals surface area contributed by atoms with E-state index in [0.717, 1.165) is 52.8 Å². The van der Waals surface area contributed by atoms with Gasteiger partial charge in [-0.25, -0.2) is 0 Å². The van der Waals surface area contributed by atoms with Crippen LogP contribution in [-0.2, 0) is 0 Å². The summed E-state index contributed by atoms with van der Waals surface area (Å²) in [7, 11) is 0.152. The monoisotopic (exact) mass is 336 g/mol. The van der Waals surface area contributed by atoms with Crippen molar-refractivity contribution in [1.82, 2.24) is 0 Å². The van der Waals surface area contributed by atoms with Crippen LogP contribution in [0.4, 0.5) is 0 Å². The summed E-state index contributed by atoms with van der Waals surface area (Å²) in [4.78, 5) is 12.7. The predicted molar refractivity (Wildman–Crippen MR) is 107 cm³/mol. The third-order valence-electron chi connectivity index (χ3n) is 3.92. The maximum absolute atomic E-state index is 12.7. The van der Waals surface area contributed by atoms with Crippen LogP contribution in [-0.4, -0.2) is 31.0 Å². The van der Waals surface area contributed by atoms with E-state index in [-0.39, 0.29) is 33.0 Å². The van der Waals surface area contributed by atoms with Crippen molar-refractivity contribution in [3.63, 3.8) is 0 Å². The van der Waals surface area contributed by atoms with Crippen LogP contribution in [0.1, 0.15) is 46.8 Å². The Morgan fingerprint density at radius 2 is 1.71 bits per heavy atom. The zero-order chi connectivity index (χ0) is 16.8. The molecular formula is C20H26LiO2P. The number of carbonyl (C=O) groups is 1. The first-order valence-corrected chi connectivity index (χ1v) is 9.14. The fraction of sp³-hybridized carbons (Fsp3) is 0.350. The number of aryl methyl sites for hydroxylation is 3. The summed E-state index contributed by atoms with van der Waals surface area (Å²) in [5, 5.41) is 1.10. The molecule has 0 aliphatic carbocycles. The molecule has 0 amide bonds. The van der Waals surface area contributed by atoms with Gasteiger partial charge >= 0.3 is 18.9 Å². The van der Waals surface area contributed by atoms with Gasteiger partial charge < -0.3 is 4.74 Å². The zero-order valence-corrected chi connectivity index (χ0v) is 15.4. The second kappa shape index (κ2) is 10.0. The molecule has 0 saturated heterocycles. The second-order valence-corrected chi connectivity index (χ2v) is 7.14. The summed E-state index contributed by atoms with van der Waals surface area (Å²) >= 11 is 0. The Morgan fingerprint density at radius 3 is 2.29 bits per heavy atom. The Hall–Kier alpha value is -1.06. The molecular weight excluding hydrogens is 310 g/mol. The summed E-state index contributed by atoms with van der Waals surface area (Å²) in [6.45, 7) is 8.95. The second-order valence-electron chi connectivity index (χ2n) is 5.90. The zero-order valence-electron chi connectivity index (χ0n) is 14.4. The summed E-state index contributed by atoms with van der Waals surface area (Å²) in [6.07, 6.45) is 2.19. The van der Waals surface area contributed by atoms with E-state index in [2.05, 4.69) is 6.92 Å². The number of ether oxygens (including phenoxy) is 1. The summed E-state index contributed by atoms with van der Waals surface area (Å²) in [6, 6.07) is 12.0. The summed E-state index contributed by atoms with van der Waals surface area (Å²) < 4.78 is 5.73. The molecule has 24 heavy (non-hydrogen) atoms. The Bertz CT molecular complexity index is 678. The molecule has 0 aliphatic heterocycles. The molecule has 0 radical (unpaired) electrons. The van der Waals surface area contributed by atoms with Gasteiger partial charge in [-0.2, -0.15) is 0 Å². The molecule has 0 fully saturated rings. The van der Waals surface area contributed by atoms with Crippen LogP contribution in [0.15, 0.2) is 36.4 Å². The first kappa shape index (κ1) is 21.0. The summed E-state index contributed by atoms with van der Waals surface area (Å²) in [5.41, 5.74) is 4.31. The first-order valence-electron chi connectivity index (χ1n) is 8.14. The van der Waals surface area contributed by atoms with Gasteiger partial charge in [0.2, 0.25) is 0 Å². The minimum absolute atomic E-state index is 0. The molecule has 124 valence electrons. The first-order chi connectivity index (χ1) is 11.0. The number of rotatable bonds is 7. The molecule has 2 nitrogen and oxygen atoms in total. The Balaban J connectivity index is 0.00000288. The van der Waals surface area contributed by atoms with Crippen molar-refractivity contribution in [3.05, 3.63) is 58.7 Å². The van der Waals surface area contributed by atoms with Gasteiger partial charge in [-0.05, 0) is 69.9 Å². The molecule has 2 rings (SSSR count). The number of benzene rings is 2. The van der Waals surface area contributed by atoms with Gasteiger partial charge in [0, 0.05) is 5.56 Å². The van der Waals surface area contributed by atoms with Crippen molar-refractivity contribution < 1.29 is 9.53 Å². The molecule has 1 atom stereocenters. The van der Waals surface area contributed by atoms with E-state index < -0.39 is 0 Å². The third-order valence-corrected chi connectivity index (χ3v) is 5.23. The van der Waals surface area contributed by atoms with Gasteiger partial charge in [0.05, 0.1) is 6.61 Å². The van der Waals surface area contributed by atoms with Crippen LogP contribution < -0.4 is 10.0 Å². The van der Waals surface area contributed by atoms with Crippen molar-refractivity contribution in [2.45, 2.75) is 40.5 Å². The topological polar surface area (TPSA) is 26.3 Å². The fourth-order valence-corrected chi connectivity index (χ4v) is 3.76. The van der Waals surface area contributed by atoms with Crippen molar-refractivity contribution in [1.29, 1.82) is 0 Å². The molecule has 0 bridgehead atoms. The standard InChI is InChI=1S/C20H25O2P.Li.H/c1-5-6-12-22-17-10-11-18(16(4)13-17)23-20(21)19-14(2)8-7-9-15(19)3;;/h7-11,13,23H,5-6,12H2,1-4H3;;. The molecule has 2 aromatic rings. The Labute approximate surface area is 159 Å². The van der Waals surface area contributed by atoms with Crippen LogP contribution in [0.5, 0.6) is 5.75 Å².